The Morgan fingerprint density at radius 1 is 0.455 bits per heavy atom. The van der Waals surface area contributed by atoms with Gasteiger partial charge in [0, 0.05) is 0 Å². The van der Waals surface area contributed by atoms with E-state index >= 15 is 0 Å². The molecule has 0 amide bonds. The number of rotatable bonds is 15. The van der Waals surface area contributed by atoms with Gasteiger partial charge in [-0.15, -0.1) is 0 Å². The van der Waals surface area contributed by atoms with Gasteiger partial charge in [0.25, 0.3) is 0 Å². The van der Waals surface area contributed by atoms with Crippen molar-refractivity contribution >= 4 is 19.2 Å². The summed E-state index contributed by atoms with van der Waals surface area (Å²) in [6, 6.07) is 0. The van der Waals surface area contributed by atoms with Crippen LogP contribution in [0.2, 0.25) is 13.1 Å². The maximum Gasteiger partial charge on any atom is 0.134 e. The Bertz CT molecular complexity index is 152. The SMILES string of the molecule is CCCCCCCCCCCCCCCCCC.C[SiH](C)Cl. The molecule has 2 heteroatoms. The molecular formula is C20H45ClSi. The number of hydrogen-bond donors (Lipinski definition) is 0. The third-order valence-electron chi connectivity index (χ3n) is 3.96. The minimum absolute atomic E-state index is 0.667. The predicted octanol–water partition coefficient (Wildman–Crippen LogP) is 8.48. The van der Waals surface area contributed by atoms with Crippen molar-refractivity contribution < 1.29 is 0 Å². The number of hydrogen-bond acceptors (Lipinski definition) is 0. The van der Waals surface area contributed by atoms with E-state index in [9.17, 15) is 0 Å². The van der Waals surface area contributed by atoms with Gasteiger partial charge in [-0.25, -0.2) is 0 Å². The smallest absolute Gasteiger partial charge is 0.134 e. The van der Waals surface area contributed by atoms with E-state index in [-0.39, 0.29) is 0 Å². The van der Waals surface area contributed by atoms with Crippen molar-refractivity contribution in [1.29, 1.82) is 0 Å². The van der Waals surface area contributed by atoms with Crippen molar-refractivity contribution in [2.45, 2.75) is 130 Å². The Balaban J connectivity index is 0. The van der Waals surface area contributed by atoms with Gasteiger partial charge in [0.05, 0.1) is 0 Å². The van der Waals surface area contributed by atoms with Crippen LogP contribution in [0, 0.1) is 0 Å². The fraction of sp³-hybridized carbons (Fsp3) is 1.00. The molecule has 0 aromatic heterocycles. The lowest BCUT2D eigenvalue weighted by Gasteiger charge is -2.03. The van der Waals surface area contributed by atoms with Crippen molar-refractivity contribution in [2.75, 3.05) is 0 Å². The first-order valence-electron chi connectivity index (χ1n) is 10.3. The lowest BCUT2D eigenvalue weighted by molar-refractivity contribution is 0.531. The molecule has 0 unspecified atom stereocenters. The molecule has 0 rings (SSSR count). The average molecular weight is 349 g/mol. The van der Waals surface area contributed by atoms with Gasteiger partial charge in [-0.2, -0.15) is 11.1 Å². The summed E-state index contributed by atoms with van der Waals surface area (Å²) in [4.78, 5) is 0. The maximum absolute atomic E-state index is 5.41. The molecular weight excluding hydrogens is 304 g/mol. The molecule has 0 aromatic carbocycles. The monoisotopic (exact) mass is 348 g/mol. The van der Waals surface area contributed by atoms with Crippen LogP contribution in [0.1, 0.15) is 117 Å². The van der Waals surface area contributed by atoms with Crippen molar-refractivity contribution in [3.8, 4) is 0 Å². The van der Waals surface area contributed by atoms with Crippen LogP contribution in [0.5, 0.6) is 0 Å². The quantitative estimate of drug-likeness (QED) is 0.158. The van der Waals surface area contributed by atoms with E-state index in [1.165, 1.54) is 103 Å². The highest BCUT2D eigenvalue weighted by Crippen LogP contribution is 2.13. The first-order valence-corrected chi connectivity index (χ1v) is 14.3. The van der Waals surface area contributed by atoms with Crippen LogP contribution in [-0.2, 0) is 0 Å². The van der Waals surface area contributed by atoms with Gasteiger partial charge in [-0.3, -0.25) is 0 Å². The lowest BCUT2D eigenvalue weighted by Crippen LogP contribution is -1.83. The van der Waals surface area contributed by atoms with E-state index in [1.807, 2.05) is 0 Å². The Morgan fingerprint density at radius 2 is 0.591 bits per heavy atom. The normalized spacial score (nSPS) is 10.6. The molecule has 0 nitrogen and oxygen atoms in total. The first-order chi connectivity index (χ1) is 10.6. The second-order valence-electron chi connectivity index (χ2n) is 6.96. The van der Waals surface area contributed by atoms with Crippen LogP contribution in [0.3, 0.4) is 0 Å². The van der Waals surface area contributed by atoms with E-state index in [4.69, 9.17) is 11.1 Å². The number of unbranched alkanes of at least 4 members (excludes halogenated alkanes) is 15. The van der Waals surface area contributed by atoms with Gasteiger partial charge >= 0.3 is 0 Å². The highest BCUT2D eigenvalue weighted by atomic mass is 35.6. The fourth-order valence-corrected chi connectivity index (χ4v) is 2.62. The lowest BCUT2D eigenvalue weighted by atomic mass is 10.0. The Labute approximate surface area is 149 Å². The molecule has 136 valence electrons. The Morgan fingerprint density at radius 3 is 0.727 bits per heavy atom. The molecule has 0 aliphatic carbocycles. The molecule has 0 fully saturated rings. The van der Waals surface area contributed by atoms with Crippen LogP contribution >= 0.6 is 11.1 Å². The zero-order chi connectivity index (χ0) is 16.9. The van der Waals surface area contributed by atoms with Gasteiger partial charge in [0.2, 0.25) is 0 Å². The van der Waals surface area contributed by atoms with E-state index in [1.54, 1.807) is 0 Å². The molecule has 0 N–H and O–H groups in total. The molecule has 0 spiro atoms. The van der Waals surface area contributed by atoms with E-state index in [2.05, 4.69) is 26.9 Å². The van der Waals surface area contributed by atoms with Crippen LogP contribution in [-0.4, -0.2) is 8.11 Å². The predicted molar refractivity (Wildman–Crippen MR) is 110 cm³/mol. The molecule has 0 heterocycles. The largest absolute Gasteiger partial charge is 0.172 e. The third-order valence-corrected chi connectivity index (χ3v) is 3.96. The van der Waals surface area contributed by atoms with Crippen molar-refractivity contribution in [1.82, 2.24) is 0 Å². The summed E-state index contributed by atoms with van der Waals surface area (Å²) in [6.07, 6.45) is 23.4. The van der Waals surface area contributed by atoms with Gasteiger partial charge in [0.15, 0.2) is 0 Å². The summed E-state index contributed by atoms with van der Waals surface area (Å²) in [6.45, 7) is 8.73. The van der Waals surface area contributed by atoms with Crippen molar-refractivity contribution in [3.05, 3.63) is 0 Å². The fourth-order valence-electron chi connectivity index (χ4n) is 2.62. The van der Waals surface area contributed by atoms with E-state index in [0.717, 1.165) is 0 Å². The molecule has 0 aliphatic rings. The Kier molecular flexibility index (Phi) is 26.7. The van der Waals surface area contributed by atoms with E-state index in [0.29, 0.717) is 0 Å². The van der Waals surface area contributed by atoms with Gasteiger partial charge < -0.3 is 0 Å². The molecule has 0 saturated heterocycles. The second-order valence-corrected chi connectivity index (χ2v) is 11.6. The number of halogens is 1. The standard InChI is InChI=1S/C18H38.C2H7ClSi/c1-3-5-7-9-11-13-15-17-18-16-14-12-10-8-6-4-2;1-4(2)3/h3-18H2,1-2H3;4H,1-2H3. The summed E-state index contributed by atoms with van der Waals surface area (Å²) in [5.41, 5.74) is 0. The zero-order valence-electron chi connectivity index (χ0n) is 16.3. The summed E-state index contributed by atoms with van der Waals surface area (Å²) >= 11 is 5.41. The average Bonchev–Trinajstić information content (AvgIpc) is 2.47. The first kappa shape index (κ1) is 24.8. The Hall–Kier alpha value is 0.507. The van der Waals surface area contributed by atoms with Crippen LogP contribution in [0.4, 0.5) is 0 Å². The molecule has 0 bridgehead atoms. The highest BCUT2D eigenvalue weighted by molar-refractivity contribution is 7.05. The van der Waals surface area contributed by atoms with Crippen molar-refractivity contribution in [3.63, 3.8) is 0 Å². The molecule has 0 aliphatic heterocycles. The molecule has 0 aromatic rings. The third kappa shape index (κ3) is 32.5. The molecule has 0 saturated carbocycles. The second kappa shape index (κ2) is 23.8. The highest BCUT2D eigenvalue weighted by Gasteiger charge is 1.93. The molecule has 0 radical (unpaired) electrons. The van der Waals surface area contributed by atoms with Crippen molar-refractivity contribution in [2.24, 2.45) is 0 Å². The summed E-state index contributed by atoms with van der Waals surface area (Å²) in [5, 5.41) is 0. The van der Waals surface area contributed by atoms with Crippen LogP contribution in [0.15, 0.2) is 0 Å². The maximum atomic E-state index is 5.41. The summed E-state index contributed by atoms with van der Waals surface area (Å²) in [7, 11) is -0.667. The van der Waals surface area contributed by atoms with E-state index < -0.39 is 8.11 Å². The van der Waals surface area contributed by atoms with Gasteiger partial charge in [-0.1, -0.05) is 130 Å². The minimum atomic E-state index is -0.667. The van der Waals surface area contributed by atoms with Crippen LogP contribution in [0.25, 0.3) is 0 Å². The molecule has 0 atom stereocenters. The van der Waals surface area contributed by atoms with Gasteiger partial charge in [0.1, 0.15) is 8.11 Å². The van der Waals surface area contributed by atoms with Crippen LogP contribution < -0.4 is 0 Å². The summed E-state index contributed by atoms with van der Waals surface area (Å²) in [5.74, 6) is 0. The topological polar surface area (TPSA) is 0 Å². The minimum Gasteiger partial charge on any atom is -0.172 e. The van der Waals surface area contributed by atoms with Gasteiger partial charge in [-0.05, 0) is 0 Å². The molecule has 22 heavy (non-hydrogen) atoms. The zero-order valence-corrected chi connectivity index (χ0v) is 18.2. The summed E-state index contributed by atoms with van der Waals surface area (Å²) < 4.78 is 0.